The molecule has 27 heavy (non-hydrogen) atoms. The van der Waals surface area contributed by atoms with Crippen LogP contribution in [0.4, 0.5) is 10.1 Å². The molecular formula is C21H19FN2O3. The third-order valence-electron chi connectivity index (χ3n) is 4.11. The lowest BCUT2D eigenvalue weighted by Gasteiger charge is -2.12. The van der Waals surface area contributed by atoms with Crippen LogP contribution in [0.5, 0.6) is 0 Å². The molecule has 0 atom stereocenters. The van der Waals surface area contributed by atoms with E-state index in [1.54, 1.807) is 24.3 Å². The van der Waals surface area contributed by atoms with Crippen LogP contribution < -0.4 is 15.7 Å². The lowest BCUT2D eigenvalue weighted by molar-refractivity contribution is 0.0847. The molecule has 0 saturated carbocycles. The highest BCUT2D eigenvalue weighted by molar-refractivity contribution is 6.04. The summed E-state index contributed by atoms with van der Waals surface area (Å²) < 4.78 is 14.6. The number of carbonyl (C=O) groups is 1. The van der Waals surface area contributed by atoms with Gasteiger partial charge in [-0.2, -0.15) is 4.73 Å². The first-order valence-corrected chi connectivity index (χ1v) is 8.42. The van der Waals surface area contributed by atoms with Gasteiger partial charge < -0.3 is 10.2 Å². The molecule has 1 heterocycles. The summed E-state index contributed by atoms with van der Waals surface area (Å²) in [7, 11) is 0. The number of nitrogens with one attached hydrogen (secondary N) is 1. The Bertz CT molecular complexity index is 1040. The highest BCUT2D eigenvalue weighted by atomic mass is 19.1. The zero-order valence-corrected chi connectivity index (χ0v) is 15.0. The fourth-order valence-corrected chi connectivity index (χ4v) is 2.65. The first kappa shape index (κ1) is 18.4. The van der Waals surface area contributed by atoms with Crippen LogP contribution in [0.2, 0.25) is 0 Å². The van der Waals surface area contributed by atoms with Gasteiger partial charge in [-0.25, -0.2) is 4.39 Å². The van der Waals surface area contributed by atoms with Crippen molar-refractivity contribution in [1.29, 1.82) is 0 Å². The predicted octanol–water partition coefficient (Wildman–Crippen LogP) is 3.49. The van der Waals surface area contributed by atoms with Gasteiger partial charge in [0.25, 0.3) is 11.5 Å². The van der Waals surface area contributed by atoms with E-state index >= 15 is 0 Å². The zero-order valence-electron chi connectivity index (χ0n) is 15.0. The van der Waals surface area contributed by atoms with E-state index in [2.05, 4.69) is 5.32 Å². The summed E-state index contributed by atoms with van der Waals surface area (Å²) in [5.74, 6) is -0.954. The molecule has 0 radical (unpaired) electrons. The molecule has 0 spiro atoms. The molecule has 6 heteroatoms. The molecule has 3 aromatic rings. The molecule has 5 nitrogen and oxygen atoms in total. The van der Waals surface area contributed by atoms with Gasteiger partial charge in [0, 0.05) is 17.4 Å². The third-order valence-corrected chi connectivity index (χ3v) is 4.11. The zero-order chi connectivity index (χ0) is 19.4. The summed E-state index contributed by atoms with van der Waals surface area (Å²) in [4.78, 5) is 30.4. The van der Waals surface area contributed by atoms with Crippen LogP contribution in [0.15, 0.2) is 65.6 Å². The van der Waals surface area contributed by atoms with Crippen LogP contribution in [0.3, 0.4) is 0 Å². The van der Waals surface area contributed by atoms with Gasteiger partial charge >= 0.3 is 0 Å². The largest absolute Gasteiger partial charge is 0.406 e. The lowest BCUT2D eigenvalue weighted by atomic mass is 10.1. The highest BCUT2D eigenvalue weighted by Gasteiger charge is 2.14. The molecule has 0 bridgehead atoms. The second-order valence-corrected chi connectivity index (χ2v) is 6.19. The Morgan fingerprint density at radius 1 is 1.11 bits per heavy atom. The second kappa shape index (κ2) is 7.86. The van der Waals surface area contributed by atoms with Gasteiger partial charge in [-0.15, -0.1) is 0 Å². The number of nitrogens with zero attached hydrogens (tertiary/aromatic N) is 1. The number of carbonyl (C=O) groups excluding carboxylic acids is 1. The predicted molar refractivity (Wildman–Crippen MR) is 101 cm³/mol. The summed E-state index contributed by atoms with van der Waals surface area (Å²) in [5, 5.41) is 2.74. The fraction of sp³-hybridized carbons (Fsp3) is 0.143. The second-order valence-electron chi connectivity index (χ2n) is 6.19. The van der Waals surface area contributed by atoms with Crippen molar-refractivity contribution in [3.63, 3.8) is 0 Å². The standard InChI is InChI=1S/C21H19FN2O3/c1-14-9-10-19(15(2)12-14)23-20(25)17-7-5-11-24(21(17)26)27-13-16-6-3-4-8-18(16)22/h3-12H,13H2,1-2H3,(H,23,25). The summed E-state index contributed by atoms with van der Waals surface area (Å²) in [6.07, 6.45) is 1.39. The maximum absolute atomic E-state index is 13.7. The molecule has 1 N–H and O–H groups in total. The quantitative estimate of drug-likeness (QED) is 0.752. The van der Waals surface area contributed by atoms with Gasteiger partial charge in [0.05, 0.1) is 0 Å². The Kier molecular flexibility index (Phi) is 5.35. The van der Waals surface area contributed by atoms with E-state index < -0.39 is 17.3 Å². The van der Waals surface area contributed by atoms with Crippen LogP contribution >= 0.6 is 0 Å². The average molecular weight is 366 g/mol. The monoisotopic (exact) mass is 366 g/mol. The van der Waals surface area contributed by atoms with Crippen molar-refractivity contribution in [2.45, 2.75) is 20.5 Å². The third kappa shape index (κ3) is 4.23. The first-order valence-electron chi connectivity index (χ1n) is 8.42. The topological polar surface area (TPSA) is 60.3 Å². The normalized spacial score (nSPS) is 10.5. The highest BCUT2D eigenvalue weighted by Crippen LogP contribution is 2.16. The molecule has 0 unspecified atom stereocenters. The minimum absolute atomic E-state index is 0.0639. The van der Waals surface area contributed by atoms with Gasteiger partial charge in [0.1, 0.15) is 18.0 Å². The molecule has 0 saturated heterocycles. The molecule has 0 aliphatic heterocycles. The summed E-state index contributed by atoms with van der Waals surface area (Å²) in [6.45, 7) is 3.71. The molecule has 2 aromatic carbocycles. The van der Waals surface area contributed by atoms with E-state index in [0.717, 1.165) is 15.9 Å². The van der Waals surface area contributed by atoms with Crippen molar-refractivity contribution in [3.05, 3.63) is 99.2 Å². The van der Waals surface area contributed by atoms with Crippen molar-refractivity contribution in [2.24, 2.45) is 0 Å². The number of benzene rings is 2. The smallest absolute Gasteiger partial charge is 0.295 e. The molecular weight excluding hydrogens is 347 g/mol. The lowest BCUT2D eigenvalue weighted by Crippen LogP contribution is -2.32. The molecule has 1 amide bonds. The minimum Gasteiger partial charge on any atom is -0.406 e. The van der Waals surface area contributed by atoms with Crippen LogP contribution in [-0.4, -0.2) is 10.6 Å². The van der Waals surface area contributed by atoms with Gasteiger partial charge in [0.2, 0.25) is 0 Å². The summed E-state index contributed by atoms with van der Waals surface area (Å²) in [6, 6.07) is 14.7. The Morgan fingerprint density at radius 2 is 1.89 bits per heavy atom. The van der Waals surface area contributed by atoms with E-state index in [-0.39, 0.29) is 12.2 Å². The number of amides is 1. The van der Waals surface area contributed by atoms with E-state index in [1.807, 2.05) is 26.0 Å². The number of anilines is 1. The van der Waals surface area contributed by atoms with Gasteiger partial charge in [0.15, 0.2) is 0 Å². The van der Waals surface area contributed by atoms with Gasteiger partial charge in [-0.3, -0.25) is 9.59 Å². The Balaban J connectivity index is 1.79. The Hall–Kier alpha value is -3.41. The van der Waals surface area contributed by atoms with Crippen LogP contribution in [0, 0.1) is 19.7 Å². The molecule has 0 aliphatic carbocycles. The number of halogens is 1. The SMILES string of the molecule is Cc1ccc(NC(=O)c2cccn(OCc3ccccc3F)c2=O)c(C)c1. The van der Waals surface area contributed by atoms with E-state index in [4.69, 9.17) is 4.84 Å². The van der Waals surface area contributed by atoms with E-state index in [1.165, 1.54) is 24.4 Å². The molecule has 3 rings (SSSR count). The Labute approximate surface area is 156 Å². The number of pyridine rings is 1. The van der Waals surface area contributed by atoms with Gasteiger partial charge in [-0.05, 0) is 43.7 Å². The van der Waals surface area contributed by atoms with Crippen molar-refractivity contribution in [2.75, 3.05) is 5.32 Å². The van der Waals surface area contributed by atoms with E-state index in [0.29, 0.717) is 11.3 Å². The van der Waals surface area contributed by atoms with Gasteiger partial charge in [-0.1, -0.05) is 35.9 Å². The maximum Gasteiger partial charge on any atom is 0.295 e. The van der Waals surface area contributed by atoms with Crippen molar-refractivity contribution >= 4 is 11.6 Å². The number of rotatable bonds is 5. The first-order chi connectivity index (χ1) is 13.0. The average Bonchev–Trinajstić information content (AvgIpc) is 2.64. The van der Waals surface area contributed by atoms with Crippen LogP contribution in [0.1, 0.15) is 27.0 Å². The minimum atomic E-state index is -0.615. The van der Waals surface area contributed by atoms with Crippen LogP contribution in [0.25, 0.3) is 0 Å². The molecule has 138 valence electrons. The molecule has 0 aliphatic rings. The Morgan fingerprint density at radius 3 is 2.63 bits per heavy atom. The molecule has 1 aromatic heterocycles. The van der Waals surface area contributed by atoms with Crippen molar-refractivity contribution in [1.82, 2.24) is 4.73 Å². The van der Waals surface area contributed by atoms with Crippen LogP contribution in [-0.2, 0) is 6.61 Å². The summed E-state index contributed by atoms with van der Waals surface area (Å²) >= 11 is 0. The number of aromatic nitrogens is 1. The number of hydrogen-bond acceptors (Lipinski definition) is 3. The number of hydrogen-bond donors (Lipinski definition) is 1. The molecule has 0 fully saturated rings. The van der Waals surface area contributed by atoms with Crippen molar-refractivity contribution in [3.8, 4) is 0 Å². The maximum atomic E-state index is 13.7. The number of aryl methyl sites for hydroxylation is 2. The van der Waals surface area contributed by atoms with E-state index in [9.17, 15) is 14.0 Å². The fourth-order valence-electron chi connectivity index (χ4n) is 2.65. The van der Waals surface area contributed by atoms with Crippen molar-refractivity contribution < 1.29 is 14.0 Å². The summed E-state index contributed by atoms with van der Waals surface area (Å²) in [5.41, 5.74) is 2.24.